The predicted molar refractivity (Wildman–Crippen MR) is 87.5 cm³/mol. The summed E-state index contributed by atoms with van der Waals surface area (Å²) in [7, 11) is 0. The third-order valence-corrected chi connectivity index (χ3v) is 4.27. The van der Waals surface area contributed by atoms with Gasteiger partial charge in [-0.25, -0.2) is 4.79 Å². The Morgan fingerprint density at radius 1 is 1.43 bits per heavy atom. The topological polar surface area (TPSA) is 82.4 Å². The molecule has 1 saturated heterocycles. The van der Waals surface area contributed by atoms with Crippen LogP contribution >= 0.6 is 0 Å². The lowest BCUT2D eigenvalue weighted by Gasteiger charge is -2.31. The lowest BCUT2D eigenvalue weighted by atomic mass is 9.97. The van der Waals surface area contributed by atoms with E-state index in [4.69, 9.17) is 4.74 Å². The Morgan fingerprint density at radius 3 is 2.52 bits per heavy atom. The Morgan fingerprint density at radius 2 is 2.04 bits per heavy atom. The highest BCUT2D eigenvalue weighted by molar-refractivity contribution is 5.86. The molecular formula is C17H29N3O3. The molecule has 1 heterocycles. The first-order valence-corrected chi connectivity index (χ1v) is 8.30. The highest BCUT2D eigenvalue weighted by Gasteiger charge is 2.39. The van der Waals surface area contributed by atoms with Gasteiger partial charge in [-0.2, -0.15) is 5.26 Å². The zero-order valence-electron chi connectivity index (χ0n) is 15.0. The molecule has 0 aliphatic carbocycles. The summed E-state index contributed by atoms with van der Waals surface area (Å²) in [6.45, 7) is 11.8. The van der Waals surface area contributed by atoms with Gasteiger partial charge in [0.15, 0.2) is 0 Å². The standard InChI is InChI=1S/C17H29N3O3/c1-7-11(2)14(19-16(22)23-17(4,5)6)15(21)20-9-8-12(3)13(20)10-18/h11-14H,7-9H2,1-6H3,(H,19,22)/t11?,12?,13-,14+/m1/s1. The number of rotatable bonds is 4. The average molecular weight is 323 g/mol. The molecule has 23 heavy (non-hydrogen) atoms. The van der Waals surface area contributed by atoms with E-state index in [1.54, 1.807) is 25.7 Å². The number of nitrogens with one attached hydrogen (secondary N) is 1. The van der Waals surface area contributed by atoms with Gasteiger partial charge in [0.1, 0.15) is 17.7 Å². The molecule has 6 nitrogen and oxygen atoms in total. The molecule has 1 aliphatic heterocycles. The van der Waals surface area contributed by atoms with E-state index >= 15 is 0 Å². The van der Waals surface area contributed by atoms with Crippen molar-refractivity contribution < 1.29 is 14.3 Å². The maximum Gasteiger partial charge on any atom is 0.408 e. The minimum atomic E-state index is -0.670. The van der Waals surface area contributed by atoms with Gasteiger partial charge in [0.05, 0.1) is 6.07 Å². The van der Waals surface area contributed by atoms with E-state index < -0.39 is 23.8 Å². The molecular weight excluding hydrogens is 294 g/mol. The average Bonchev–Trinajstić information content (AvgIpc) is 2.82. The van der Waals surface area contributed by atoms with Gasteiger partial charge in [-0.1, -0.05) is 27.2 Å². The molecule has 0 bridgehead atoms. The Balaban J connectivity index is 2.88. The molecule has 6 heteroatoms. The van der Waals surface area contributed by atoms with Gasteiger partial charge in [0.25, 0.3) is 0 Å². The summed E-state index contributed by atoms with van der Waals surface area (Å²) in [6, 6.07) is 1.12. The number of hydrogen-bond acceptors (Lipinski definition) is 4. The normalized spacial score (nSPS) is 23.8. The maximum atomic E-state index is 12.9. The van der Waals surface area contributed by atoms with Crippen molar-refractivity contribution in [3.8, 4) is 6.07 Å². The van der Waals surface area contributed by atoms with Crippen molar-refractivity contribution in [1.82, 2.24) is 10.2 Å². The summed E-state index contributed by atoms with van der Waals surface area (Å²) in [5, 5.41) is 12.0. The molecule has 2 amide bonds. The van der Waals surface area contributed by atoms with E-state index in [-0.39, 0.29) is 17.7 Å². The summed E-state index contributed by atoms with van der Waals surface area (Å²) in [6.07, 6.45) is 0.952. The summed E-state index contributed by atoms with van der Waals surface area (Å²) in [4.78, 5) is 26.5. The lowest BCUT2D eigenvalue weighted by molar-refractivity contribution is -0.135. The van der Waals surface area contributed by atoms with Crippen LogP contribution in [0.2, 0.25) is 0 Å². The Labute approximate surface area is 139 Å². The zero-order chi connectivity index (χ0) is 17.8. The summed E-state index contributed by atoms with van der Waals surface area (Å²) >= 11 is 0. The second kappa shape index (κ2) is 7.67. The monoisotopic (exact) mass is 323 g/mol. The molecule has 4 atom stereocenters. The quantitative estimate of drug-likeness (QED) is 0.862. The maximum absolute atomic E-state index is 12.9. The number of ether oxygens (including phenoxy) is 1. The minimum absolute atomic E-state index is 0.0368. The molecule has 0 saturated carbocycles. The lowest BCUT2D eigenvalue weighted by Crippen LogP contribution is -2.53. The zero-order valence-corrected chi connectivity index (χ0v) is 15.0. The van der Waals surface area contributed by atoms with Gasteiger partial charge in [0.2, 0.25) is 5.91 Å². The number of nitrogens with zero attached hydrogens (tertiary/aromatic N) is 2. The number of likely N-dealkylation sites (tertiary alicyclic amines) is 1. The second-order valence-corrected chi connectivity index (χ2v) is 7.38. The molecule has 0 radical (unpaired) electrons. The molecule has 0 aromatic rings. The second-order valence-electron chi connectivity index (χ2n) is 7.38. The fraction of sp³-hybridized carbons (Fsp3) is 0.824. The van der Waals surface area contributed by atoms with Crippen LogP contribution in [-0.2, 0) is 9.53 Å². The fourth-order valence-corrected chi connectivity index (χ4v) is 2.69. The summed E-state index contributed by atoms with van der Waals surface area (Å²) < 4.78 is 5.26. The van der Waals surface area contributed by atoms with Gasteiger partial charge in [-0.3, -0.25) is 4.79 Å². The molecule has 0 spiro atoms. The van der Waals surface area contributed by atoms with Gasteiger partial charge in [-0.05, 0) is 39.0 Å². The number of carbonyl (C=O) groups is 2. The van der Waals surface area contributed by atoms with Gasteiger partial charge in [-0.15, -0.1) is 0 Å². The Hall–Kier alpha value is -1.77. The highest BCUT2D eigenvalue weighted by Crippen LogP contribution is 2.25. The fourth-order valence-electron chi connectivity index (χ4n) is 2.69. The van der Waals surface area contributed by atoms with Crippen LogP contribution in [0.1, 0.15) is 54.4 Å². The molecule has 1 fully saturated rings. The van der Waals surface area contributed by atoms with Crippen LogP contribution in [0, 0.1) is 23.2 Å². The Bertz CT molecular complexity index is 478. The van der Waals surface area contributed by atoms with Crippen molar-refractivity contribution in [2.75, 3.05) is 6.54 Å². The van der Waals surface area contributed by atoms with E-state index in [0.29, 0.717) is 6.54 Å². The number of carbonyl (C=O) groups excluding carboxylic acids is 2. The summed E-state index contributed by atoms with van der Waals surface area (Å²) in [5.41, 5.74) is -0.621. The molecule has 1 aliphatic rings. The van der Waals surface area contributed by atoms with Crippen molar-refractivity contribution in [2.24, 2.45) is 11.8 Å². The van der Waals surface area contributed by atoms with Crippen molar-refractivity contribution >= 4 is 12.0 Å². The van der Waals surface area contributed by atoms with E-state index in [9.17, 15) is 14.9 Å². The van der Waals surface area contributed by atoms with Gasteiger partial charge >= 0.3 is 6.09 Å². The number of amides is 2. The third-order valence-electron chi connectivity index (χ3n) is 4.27. The van der Waals surface area contributed by atoms with Crippen LogP contribution in [0.3, 0.4) is 0 Å². The third kappa shape index (κ3) is 5.12. The number of nitriles is 1. The van der Waals surface area contributed by atoms with Crippen LogP contribution in [0.15, 0.2) is 0 Å². The SMILES string of the molecule is CCC(C)[C@H](NC(=O)OC(C)(C)C)C(=O)N1CCC(C)[C@H]1C#N. The van der Waals surface area contributed by atoms with Crippen molar-refractivity contribution in [3.05, 3.63) is 0 Å². The number of hydrogen-bond donors (Lipinski definition) is 1. The van der Waals surface area contributed by atoms with Crippen LogP contribution < -0.4 is 5.32 Å². The minimum Gasteiger partial charge on any atom is -0.444 e. The smallest absolute Gasteiger partial charge is 0.408 e. The Kier molecular flexibility index (Phi) is 6.43. The van der Waals surface area contributed by atoms with Crippen molar-refractivity contribution in [2.45, 2.75) is 72.1 Å². The highest BCUT2D eigenvalue weighted by atomic mass is 16.6. The largest absolute Gasteiger partial charge is 0.444 e. The van der Waals surface area contributed by atoms with Gasteiger partial charge < -0.3 is 15.0 Å². The van der Waals surface area contributed by atoms with Crippen LogP contribution in [-0.4, -0.2) is 41.1 Å². The van der Waals surface area contributed by atoms with E-state index in [1.807, 2.05) is 20.8 Å². The molecule has 1 N–H and O–H groups in total. The first-order chi connectivity index (χ1) is 10.6. The molecule has 2 unspecified atom stereocenters. The van der Waals surface area contributed by atoms with E-state index in [1.165, 1.54) is 0 Å². The molecule has 1 rings (SSSR count). The van der Waals surface area contributed by atoms with E-state index in [2.05, 4.69) is 11.4 Å². The van der Waals surface area contributed by atoms with Crippen LogP contribution in [0.4, 0.5) is 4.79 Å². The van der Waals surface area contributed by atoms with Crippen molar-refractivity contribution in [1.29, 1.82) is 5.26 Å². The molecule has 0 aromatic carbocycles. The molecule has 130 valence electrons. The van der Waals surface area contributed by atoms with E-state index in [0.717, 1.165) is 12.8 Å². The van der Waals surface area contributed by atoms with Gasteiger partial charge in [0, 0.05) is 6.54 Å². The van der Waals surface area contributed by atoms with Crippen LogP contribution in [0.25, 0.3) is 0 Å². The van der Waals surface area contributed by atoms with Crippen molar-refractivity contribution in [3.63, 3.8) is 0 Å². The first-order valence-electron chi connectivity index (χ1n) is 8.30. The molecule has 0 aromatic heterocycles. The predicted octanol–water partition coefficient (Wildman–Crippen LogP) is 2.69. The first kappa shape index (κ1) is 19.3. The number of alkyl carbamates (subject to hydrolysis) is 1. The van der Waals surface area contributed by atoms with Crippen LogP contribution in [0.5, 0.6) is 0 Å². The summed E-state index contributed by atoms with van der Waals surface area (Å²) in [5.74, 6) is -0.0746.